The van der Waals surface area contributed by atoms with Crippen molar-refractivity contribution in [1.29, 1.82) is 0 Å². The van der Waals surface area contributed by atoms with Crippen LogP contribution in [0, 0.1) is 0 Å². The van der Waals surface area contributed by atoms with E-state index in [4.69, 9.17) is 0 Å². The van der Waals surface area contributed by atoms with Crippen LogP contribution in [-0.4, -0.2) is 97.5 Å². The predicted octanol–water partition coefficient (Wildman–Crippen LogP) is -5.92. The molecule has 0 radical (unpaired) electrons. The van der Waals surface area contributed by atoms with Crippen LogP contribution in [0.5, 0.6) is 0 Å². The van der Waals surface area contributed by atoms with E-state index in [0.29, 0.717) is 0 Å². The van der Waals surface area contributed by atoms with Gasteiger partial charge in [0.1, 0.15) is 0 Å². The van der Waals surface area contributed by atoms with E-state index >= 15 is 0 Å². The summed E-state index contributed by atoms with van der Waals surface area (Å²) >= 11 is 0. The van der Waals surface area contributed by atoms with Gasteiger partial charge in [0, 0.05) is 0 Å². The van der Waals surface area contributed by atoms with E-state index in [1.807, 2.05) is 0 Å². The molecule has 0 aromatic heterocycles. The molecule has 0 heterocycles. The Hall–Kier alpha value is 3.10. The standard InChI is InChI=1S/Al.2AsH3.Ga.Sb.9H/h;2*1H3;;;;;;;;;;;. The van der Waals surface area contributed by atoms with E-state index in [9.17, 15) is 0 Å². The second kappa shape index (κ2) is 27.5. The SMILES string of the molecule is [AlH3].[AsH3].[AsH3].[GaH3].[SbH3]. The van der Waals surface area contributed by atoms with Gasteiger partial charge in [0.05, 0.1) is 0 Å². The summed E-state index contributed by atoms with van der Waals surface area (Å²) in [4.78, 5) is 0. The summed E-state index contributed by atoms with van der Waals surface area (Å²) in [6.45, 7) is 0. The zero-order valence-corrected chi connectivity index (χ0v) is 12.1. The van der Waals surface area contributed by atoms with Crippen molar-refractivity contribution in [1.82, 2.24) is 0 Å². The van der Waals surface area contributed by atoms with Crippen molar-refractivity contribution in [2.75, 3.05) is 0 Å². The van der Waals surface area contributed by atoms with Crippen molar-refractivity contribution < 1.29 is 0 Å². The maximum atomic E-state index is 0. The first-order valence-electron chi connectivity index (χ1n) is 0. The van der Waals surface area contributed by atoms with Gasteiger partial charge in [-0.1, -0.05) is 0 Å². The topological polar surface area (TPSA) is 0 Å². The van der Waals surface area contributed by atoms with Gasteiger partial charge in [-0.15, -0.1) is 0 Å². The number of rotatable bonds is 0. The first kappa shape index (κ1) is 42.4. The molecule has 0 aliphatic rings. The molecule has 0 bridgehead atoms. The molecule has 0 saturated heterocycles. The molecule has 5 heteroatoms. The van der Waals surface area contributed by atoms with E-state index < -0.39 is 0 Å². The maximum absolute atomic E-state index is 0. The van der Waals surface area contributed by atoms with Gasteiger partial charge in [-0.05, 0) is 0 Å². The van der Waals surface area contributed by atoms with E-state index in [0.717, 1.165) is 0 Å². The average molecular weight is 383 g/mol. The van der Waals surface area contributed by atoms with Crippen LogP contribution in [0.1, 0.15) is 0 Å². The Kier molecular flexibility index (Phi) is 233. The van der Waals surface area contributed by atoms with Crippen molar-refractivity contribution in [3.8, 4) is 0 Å². The molecule has 0 N–H and O–H groups in total. The van der Waals surface area contributed by atoms with Gasteiger partial charge < -0.3 is 0 Å². The minimum absolute atomic E-state index is 0. The predicted molar refractivity (Wildman–Crippen MR) is 49.7 cm³/mol. The summed E-state index contributed by atoms with van der Waals surface area (Å²) in [5, 5.41) is 0. The molecule has 0 nitrogen and oxygen atoms in total. The van der Waals surface area contributed by atoms with E-state index in [1.54, 1.807) is 0 Å². The second-order valence-corrected chi connectivity index (χ2v) is 0. The molecule has 36 valence electrons. The third kappa shape index (κ3) is 19.2. The fraction of sp³-hybridized carbons (Fsp3) is 0. The van der Waals surface area contributed by atoms with Gasteiger partial charge in [-0.2, -0.15) is 0 Å². The van der Waals surface area contributed by atoms with Gasteiger partial charge in [-0.25, -0.2) is 0 Å². The normalized spacial score (nSPS) is 0. The van der Waals surface area contributed by atoms with Gasteiger partial charge in [-0.3, -0.25) is 0 Å². The van der Waals surface area contributed by atoms with Crippen LogP contribution in [0.3, 0.4) is 0 Å². The second-order valence-electron chi connectivity index (χ2n) is 0. The van der Waals surface area contributed by atoms with Crippen LogP contribution in [0.4, 0.5) is 0 Å². The van der Waals surface area contributed by atoms with Gasteiger partial charge in [0.2, 0.25) is 0 Å². The van der Waals surface area contributed by atoms with Gasteiger partial charge in [0.25, 0.3) is 0 Å². The summed E-state index contributed by atoms with van der Waals surface area (Å²) in [5.74, 6) is 0. The first-order chi connectivity index (χ1) is 0. The Morgan fingerprint density at radius 1 is 0.800 bits per heavy atom. The summed E-state index contributed by atoms with van der Waals surface area (Å²) in [6, 6.07) is 0. The van der Waals surface area contributed by atoms with Crippen LogP contribution in [0.2, 0.25) is 0 Å². The summed E-state index contributed by atoms with van der Waals surface area (Å²) in [6.07, 6.45) is 0. The third-order valence-corrected chi connectivity index (χ3v) is 0. The molecule has 0 aliphatic heterocycles. The molecule has 2 unspecified atom stereocenters. The molecule has 2 atom stereocenters. The molecule has 0 aliphatic carbocycles. The van der Waals surface area contributed by atoms with Crippen molar-refractivity contribution in [2.24, 2.45) is 0 Å². The average Bonchev–Trinajstić information content (AvgIpc) is 0. The van der Waals surface area contributed by atoms with Gasteiger partial charge in [0.15, 0.2) is 17.4 Å². The molecule has 0 amide bonds. The number of hydrogen-bond donors (Lipinski definition) is 0. The van der Waals surface area contributed by atoms with Crippen molar-refractivity contribution >= 4 is 97.5 Å². The Morgan fingerprint density at radius 2 is 0.800 bits per heavy atom. The fourth-order valence-electron chi connectivity index (χ4n) is 0. The summed E-state index contributed by atoms with van der Waals surface area (Å²) in [7, 11) is 0. The first-order valence-corrected chi connectivity index (χ1v) is 0. The fourth-order valence-corrected chi connectivity index (χ4v) is 0. The Labute approximate surface area is 95.9 Å². The van der Waals surface area contributed by atoms with Gasteiger partial charge >= 0.3 is 80.1 Å². The molecule has 0 fully saturated rings. The molecule has 0 spiro atoms. The Morgan fingerprint density at radius 3 is 0.800 bits per heavy atom. The van der Waals surface area contributed by atoms with Crippen LogP contribution >= 0.6 is 0 Å². The molecule has 5 heavy (non-hydrogen) atoms. The third-order valence-electron chi connectivity index (χ3n) is 0. The summed E-state index contributed by atoms with van der Waals surface area (Å²) < 4.78 is 0. The quantitative estimate of drug-likeness (QED) is 0.366. The molecular formula is H15AlAs2GaSb. The minimum atomic E-state index is 0. The van der Waals surface area contributed by atoms with E-state index in [2.05, 4.69) is 0 Å². The number of hydrogen-bond acceptors (Lipinski definition) is 0. The van der Waals surface area contributed by atoms with Crippen molar-refractivity contribution in [2.45, 2.75) is 0 Å². The van der Waals surface area contributed by atoms with E-state index in [-0.39, 0.29) is 97.5 Å². The zero-order chi connectivity index (χ0) is 0. The van der Waals surface area contributed by atoms with Crippen LogP contribution < -0.4 is 0 Å². The molecule has 0 aromatic rings. The van der Waals surface area contributed by atoms with Crippen LogP contribution in [-0.2, 0) is 0 Å². The molecule has 0 saturated carbocycles. The van der Waals surface area contributed by atoms with Crippen LogP contribution in [0.25, 0.3) is 0 Å². The Balaban J connectivity index is 0. The monoisotopic (exact) mass is 382 g/mol. The molecule has 0 rings (SSSR count). The van der Waals surface area contributed by atoms with Crippen molar-refractivity contribution in [3.63, 3.8) is 0 Å². The summed E-state index contributed by atoms with van der Waals surface area (Å²) in [5.41, 5.74) is 0. The Bertz CT molecular complexity index is 9.61. The van der Waals surface area contributed by atoms with E-state index in [1.165, 1.54) is 0 Å². The molecule has 0 aromatic carbocycles. The van der Waals surface area contributed by atoms with Crippen molar-refractivity contribution in [3.05, 3.63) is 0 Å². The molecular weight excluding hydrogens is 368 g/mol. The van der Waals surface area contributed by atoms with Crippen LogP contribution in [0.15, 0.2) is 0 Å². The zero-order valence-electron chi connectivity index (χ0n) is 2.12.